The largest absolute Gasteiger partial charge is 0.389 e. The lowest BCUT2D eigenvalue weighted by atomic mass is 9.68. The molecular weight excluding hydrogens is 152 g/mol. The molecule has 1 N–H and O–H groups in total. The second-order valence-corrected chi connectivity index (χ2v) is 4.62. The van der Waals surface area contributed by atoms with E-state index in [0.29, 0.717) is 0 Å². The molecule has 1 saturated heterocycles. The van der Waals surface area contributed by atoms with Crippen molar-refractivity contribution in [1.29, 1.82) is 0 Å². The fraction of sp³-hybridized carbons (Fsp3) is 0.800. The molecule has 2 nitrogen and oxygen atoms in total. The van der Waals surface area contributed by atoms with Crippen molar-refractivity contribution in [2.24, 2.45) is 5.41 Å². The molecule has 0 bridgehead atoms. The number of ether oxygens (including phenoxy) is 1. The van der Waals surface area contributed by atoms with Crippen molar-refractivity contribution < 1.29 is 9.84 Å². The zero-order valence-corrected chi connectivity index (χ0v) is 7.92. The van der Waals surface area contributed by atoms with Crippen LogP contribution < -0.4 is 0 Å². The van der Waals surface area contributed by atoms with Crippen LogP contribution in [-0.2, 0) is 4.74 Å². The molecule has 1 heterocycles. The van der Waals surface area contributed by atoms with Crippen molar-refractivity contribution in [2.75, 3.05) is 6.61 Å². The molecule has 12 heavy (non-hydrogen) atoms. The first kappa shape index (κ1) is 8.27. The smallest absolute Gasteiger partial charge is 0.118 e. The lowest BCUT2D eigenvalue weighted by molar-refractivity contribution is 0.0765. The molecule has 0 radical (unpaired) electrons. The number of aliphatic hydroxyl groups excluding tert-OH is 1. The number of hydrogen-bond donors (Lipinski definition) is 1. The minimum absolute atomic E-state index is 0.0355. The van der Waals surface area contributed by atoms with Crippen molar-refractivity contribution >= 4 is 0 Å². The molecule has 1 fully saturated rings. The van der Waals surface area contributed by atoms with E-state index in [9.17, 15) is 5.11 Å². The predicted molar refractivity (Wildman–Crippen MR) is 46.8 cm³/mol. The maximum Gasteiger partial charge on any atom is 0.118 e. The molecular formula is C10H16O2. The van der Waals surface area contributed by atoms with E-state index in [1.807, 2.05) is 6.08 Å². The summed E-state index contributed by atoms with van der Waals surface area (Å²) in [4.78, 5) is 0. The van der Waals surface area contributed by atoms with Crippen molar-refractivity contribution in [1.82, 2.24) is 0 Å². The first-order valence-electron chi connectivity index (χ1n) is 4.49. The summed E-state index contributed by atoms with van der Waals surface area (Å²) in [5.41, 5.74) is 1.25. The summed E-state index contributed by atoms with van der Waals surface area (Å²) in [6.07, 6.45) is 2.46. The molecule has 0 unspecified atom stereocenters. The third-order valence-electron chi connectivity index (χ3n) is 3.33. The quantitative estimate of drug-likeness (QED) is 0.439. The van der Waals surface area contributed by atoms with Gasteiger partial charge in [0.15, 0.2) is 0 Å². The Kier molecular flexibility index (Phi) is 1.46. The van der Waals surface area contributed by atoms with Gasteiger partial charge in [-0.2, -0.15) is 0 Å². The van der Waals surface area contributed by atoms with Gasteiger partial charge >= 0.3 is 0 Å². The van der Waals surface area contributed by atoms with Crippen LogP contribution in [0.2, 0.25) is 0 Å². The molecule has 2 atom stereocenters. The summed E-state index contributed by atoms with van der Waals surface area (Å²) in [7, 11) is 0. The zero-order valence-electron chi connectivity index (χ0n) is 7.92. The highest BCUT2D eigenvalue weighted by molar-refractivity contribution is 5.31. The Bertz CT molecular complexity index is 236. The van der Waals surface area contributed by atoms with Crippen LogP contribution in [0, 0.1) is 5.41 Å². The van der Waals surface area contributed by atoms with E-state index in [1.54, 1.807) is 0 Å². The van der Waals surface area contributed by atoms with Gasteiger partial charge in [-0.05, 0) is 18.9 Å². The highest BCUT2D eigenvalue weighted by Crippen LogP contribution is 2.54. The lowest BCUT2D eigenvalue weighted by Gasteiger charge is -2.38. The van der Waals surface area contributed by atoms with Gasteiger partial charge < -0.3 is 9.84 Å². The van der Waals surface area contributed by atoms with Crippen LogP contribution >= 0.6 is 0 Å². The Morgan fingerprint density at radius 2 is 2.17 bits per heavy atom. The van der Waals surface area contributed by atoms with Gasteiger partial charge in [0.2, 0.25) is 0 Å². The fourth-order valence-electron chi connectivity index (χ4n) is 2.39. The zero-order chi connectivity index (χ0) is 8.98. The van der Waals surface area contributed by atoms with Gasteiger partial charge in [0.05, 0.1) is 12.7 Å². The standard InChI is InChI=1S/C10H16O2/c1-7-4-8(11)5-9(2,3)10(7)6-12-10/h4,8,11H,5-6H2,1-3H3/t8-,10-/m1/s1. The third kappa shape index (κ3) is 0.882. The Labute approximate surface area is 73.2 Å². The monoisotopic (exact) mass is 168 g/mol. The van der Waals surface area contributed by atoms with E-state index in [-0.39, 0.29) is 17.1 Å². The second-order valence-electron chi connectivity index (χ2n) is 4.62. The molecule has 1 aliphatic heterocycles. The topological polar surface area (TPSA) is 32.8 Å². The van der Waals surface area contributed by atoms with E-state index in [2.05, 4.69) is 20.8 Å². The molecule has 1 aliphatic carbocycles. The number of aliphatic hydroxyl groups is 1. The Hall–Kier alpha value is -0.340. The average molecular weight is 168 g/mol. The van der Waals surface area contributed by atoms with Crippen LogP contribution in [0.1, 0.15) is 27.2 Å². The van der Waals surface area contributed by atoms with E-state index in [1.165, 1.54) is 5.57 Å². The van der Waals surface area contributed by atoms with Crippen LogP contribution in [0.3, 0.4) is 0 Å². The van der Waals surface area contributed by atoms with Crippen molar-refractivity contribution in [3.63, 3.8) is 0 Å². The average Bonchev–Trinajstić information content (AvgIpc) is 2.60. The SMILES string of the molecule is CC1=C[C@@H](O)CC(C)(C)[C@@]12CO2. The summed E-state index contributed by atoms with van der Waals surface area (Å²) in [5.74, 6) is 0. The predicted octanol–water partition coefficient (Wildman–Crippen LogP) is 1.49. The van der Waals surface area contributed by atoms with Gasteiger partial charge in [-0.25, -0.2) is 0 Å². The summed E-state index contributed by atoms with van der Waals surface area (Å²) in [6.45, 7) is 7.21. The van der Waals surface area contributed by atoms with Crippen LogP contribution in [0.5, 0.6) is 0 Å². The first-order valence-corrected chi connectivity index (χ1v) is 4.49. The Morgan fingerprint density at radius 1 is 1.58 bits per heavy atom. The van der Waals surface area contributed by atoms with Gasteiger partial charge in [0.1, 0.15) is 5.60 Å². The molecule has 68 valence electrons. The van der Waals surface area contributed by atoms with E-state index < -0.39 is 0 Å². The van der Waals surface area contributed by atoms with Crippen molar-refractivity contribution in [3.8, 4) is 0 Å². The Morgan fingerprint density at radius 3 is 2.58 bits per heavy atom. The third-order valence-corrected chi connectivity index (χ3v) is 3.33. The van der Waals surface area contributed by atoms with Gasteiger partial charge in [0.25, 0.3) is 0 Å². The molecule has 0 aromatic carbocycles. The van der Waals surface area contributed by atoms with E-state index in [0.717, 1.165) is 13.0 Å². The molecule has 2 heteroatoms. The number of rotatable bonds is 0. The molecule has 2 aliphatic rings. The molecule has 0 aromatic heterocycles. The van der Waals surface area contributed by atoms with E-state index >= 15 is 0 Å². The molecule has 0 aromatic rings. The number of hydrogen-bond acceptors (Lipinski definition) is 2. The summed E-state index contributed by atoms with van der Waals surface area (Å²) < 4.78 is 5.53. The van der Waals surface area contributed by atoms with Crippen LogP contribution in [0.25, 0.3) is 0 Å². The van der Waals surface area contributed by atoms with Crippen molar-refractivity contribution in [2.45, 2.75) is 38.9 Å². The second kappa shape index (κ2) is 2.12. The highest BCUT2D eigenvalue weighted by atomic mass is 16.6. The maximum absolute atomic E-state index is 9.54. The maximum atomic E-state index is 9.54. The fourth-order valence-corrected chi connectivity index (χ4v) is 2.39. The van der Waals surface area contributed by atoms with Gasteiger partial charge in [-0.1, -0.05) is 19.9 Å². The van der Waals surface area contributed by atoms with Crippen LogP contribution in [0.4, 0.5) is 0 Å². The van der Waals surface area contributed by atoms with Crippen LogP contribution in [-0.4, -0.2) is 23.4 Å². The summed E-state index contributed by atoms with van der Waals surface area (Å²) >= 11 is 0. The highest BCUT2D eigenvalue weighted by Gasteiger charge is 2.59. The normalized spacial score (nSPS) is 44.3. The van der Waals surface area contributed by atoms with Gasteiger partial charge in [-0.3, -0.25) is 0 Å². The molecule has 2 rings (SSSR count). The summed E-state index contributed by atoms with van der Waals surface area (Å²) in [6, 6.07) is 0. The lowest BCUT2D eigenvalue weighted by Crippen LogP contribution is -2.40. The van der Waals surface area contributed by atoms with Crippen molar-refractivity contribution in [3.05, 3.63) is 11.6 Å². The van der Waals surface area contributed by atoms with E-state index in [4.69, 9.17) is 4.74 Å². The number of epoxide rings is 1. The molecule has 0 amide bonds. The summed E-state index contributed by atoms with van der Waals surface area (Å²) in [5, 5.41) is 9.54. The van der Waals surface area contributed by atoms with Gasteiger partial charge in [0, 0.05) is 5.41 Å². The minimum Gasteiger partial charge on any atom is -0.389 e. The van der Waals surface area contributed by atoms with Crippen LogP contribution in [0.15, 0.2) is 11.6 Å². The minimum atomic E-state index is -0.283. The first-order chi connectivity index (χ1) is 5.48. The van der Waals surface area contributed by atoms with Gasteiger partial charge in [-0.15, -0.1) is 0 Å². The Balaban J connectivity index is 2.37. The molecule has 1 spiro atoms. The molecule has 0 saturated carbocycles.